The van der Waals surface area contributed by atoms with Crippen LogP contribution >= 0.6 is 0 Å². The summed E-state index contributed by atoms with van der Waals surface area (Å²) >= 11 is 0. The predicted molar refractivity (Wildman–Crippen MR) is 58.7 cm³/mol. The van der Waals surface area contributed by atoms with Gasteiger partial charge in [-0.05, 0) is 42.7 Å². The Morgan fingerprint density at radius 3 is 2.94 bits per heavy atom. The molecule has 1 amide bonds. The van der Waals surface area contributed by atoms with E-state index in [1.807, 2.05) is 4.68 Å². The molecule has 2 heterocycles. The lowest BCUT2D eigenvalue weighted by Crippen LogP contribution is -2.40. The molecule has 1 saturated heterocycles. The van der Waals surface area contributed by atoms with Crippen molar-refractivity contribution in [2.75, 3.05) is 6.54 Å². The van der Waals surface area contributed by atoms with Crippen molar-refractivity contribution < 1.29 is 4.79 Å². The molecule has 0 spiro atoms. The van der Waals surface area contributed by atoms with E-state index in [4.69, 9.17) is 5.73 Å². The van der Waals surface area contributed by atoms with Gasteiger partial charge in [0.25, 0.3) is 0 Å². The first kappa shape index (κ1) is 10.6. The number of nitrogens with zero attached hydrogens (tertiary/aromatic N) is 5. The number of nitrogens with two attached hydrogens (primary N) is 1. The Labute approximate surface area is 98.9 Å². The molecule has 1 atom stereocenters. The van der Waals surface area contributed by atoms with Crippen LogP contribution in [0.1, 0.15) is 37.5 Å². The lowest BCUT2D eigenvalue weighted by atomic mass is 10.2. The fourth-order valence-corrected chi connectivity index (χ4v) is 2.44. The smallest absolute Gasteiger partial charge is 0.234 e. The highest BCUT2D eigenvalue weighted by Crippen LogP contribution is 2.34. The van der Waals surface area contributed by atoms with E-state index in [2.05, 4.69) is 20.4 Å². The second kappa shape index (κ2) is 4.06. The summed E-state index contributed by atoms with van der Waals surface area (Å²) in [6, 6.07) is 0.314. The third-order valence-corrected chi connectivity index (χ3v) is 3.49. The minimum absolute atomic E-state index is 0.153. The van der Waals surface area contributed by atoms with Crippen LogP contribution in [0.4, 0.5) is 0 Å². The number of carbonyl (C=O) groups is 1. The molecule has 1 aromatic rings. The second-order valence-electron chi connectivity index (χ2n) is 4.80. The average molecular weight is 236 g/mol. The minimum Gasteiger partial charge on any atom is -0.368 e. The van der Waals surface area contributed by atoms with Gasteiger partial charge in [-0.25, -0.2) is 4.68 Å². The quantitative estimate of drug-likeness (QED) is 0.758. The number of hydrogen-bond acceptors (Lipinski definition) is 5. The number of primary amides is 1. The van der Waals surface area contributed by atoms with Crippen LogP contribution < -0.4 is 5.73 Å². The molecule has 0 bridgehead atoms. The van der Waals surface area contributed by atoms with Gasteiger partial charge in [-0.1, -0.05) is 0 Å². The summed E-state index contributed by atoms with van der Waals surface area (Å²) in [5.41, 5.74) is 5.39. The normalized spacial score (nSPS) is 25.3. The maximum atomic E-state index is 11.3. The summed E-state index contributed by atoms with van der Waals surface area (Å²) in [5.74, 6) is 0.605. The molecule has 2 aliphatic rings. The van der Waals surface area contributed by atoms with Crippen LogP contribution in [-0.2, 0) is 11.3 Å². The van der Waals surface area contributed by atoms with Crippen molar-refractivity contribution in [2.24, 2.45) is 5.73 Å². The number of carbonyl (C=O) groups excluding carboxylic acids is 1. The summed E-state index contributed by atoms with van der Waals surface area (Å²) in [6.07, 6.45) is 4.16. The van der Waals surface area contributed by atoms with Gasteiger partial charge < -0.3 is 5.73 Å². The monoisotopic (exact) mass is 236 g/mol. The molecule has 1 aromatic heterocycles. The Morgan fingerprint density at radius 1 is 1.41 bits per heavy atom. The maximum absolute atomic E-state index is 11.3. The molecule has 1 unspecified atom stereocenters. The highest BCUT2D eigenvalue weighted by atomic mass is 16.1. The van der Waals surface area contributed by atoms with E-state index in [1.54, 1.807) is 0 Å². The van der Waals surface area contributed by atoms with E-state index >= 15 is 0 Å². The van der Waals surface area contributed by atoms with Gasteiger partial charge in [0.15, 0.2) is 5.82 Å². The van der Waals surface area contributed by atoms with E-state index in [0.717, 1.165) is 38.1 Å². The molecule has 17 heavy (non-hydrogen) atoms. The van der Waals surface area contributed by atoms with E-state index in [-0.39, 0.29) is 11.9 Å². The molecule has 7 heteroatoms. The van der Waals surface area contributed by atoms with Gasteiger partial charge in [-0.3, -0.25) is 9.69 Å². The predicted octanol–water partition coefficient (Wildman–Crippen LogP) is -0.542. The second-order valence-corrected chi connectivity index (χ2v) is 4.80. The van der Waals surface area contributed by atoms with Crippen LogP contribution in [-0.4, -0.2) is 43.6 Å². The highest BCUT2D eigenvalue weighted by molar-refractivity contribution is 5.80. The first-order valence-corrected chi connectivity index (χ1v) is 6.06. The zero-order valence-corrected chi connectivity index (χ0v) is 9.62. The molecule has 1 saturated carbocycles. The topological polar surface area (TPSA) is 89.9 Å². The Morgan fingerprint density at radius 2 is 2.24 bits per heavy atom. The molecular formula is C10H16N6O. The summed E-state index contributed by atoms with van der Waals surface area (Å²) in [4.78, 5) is 13.4. The number of likely N-dealkylation sites (tertiary alicyclic amines) is 1. The third kappa shape index (κ3) is 2.02. The number of tetrazole rings is 1. The van der Waals surface area contributed by atoms with Crippen molar-refractivity contribution in [3.63, 3.8) is 0 Å². The zero-order chi connectivity index (χ0) is 11.8. The summed E-state index contributed by atoms with van der Waals surface area (Å²) in [5, 5.41) is 11.8. The Balaban J connectivity index is 1.73. The van der Waals surface area contributed by atoms with Crippen LogP contribution in [0.5, 0.6) is 0 Å². The number of amides is 1. The van der Waals surface area contributed by atoms with Crippen molar-refractivity contribution in [1.29, 1.82) is 0 Å². The van der Waals surface area contributed by atoms with Gasteiger partial charge in [-0.15, -0.1) is 5.10 Å². The zero-order valence-electron chi connectivity index (χ0n) is 9.62. The SMILES string of the molecule is NC(=O)C1CCCN1Cc1nnnn1C1CC1. The third-order valence-electron chi connectivity index (χ3n) is 3.49. The van der Waals surface area contributed by atoms with E-state index < -0.39 is 0 Å². The first-order chi connectivity index (χ1) is 8.25. The molecule has 1 aliphatic carbocycles. The highest BCUT2D eigenvalue weighted by Gasteiger charge is 2.32. The van der Waals surface area contributed by atoms with Crippen molar-refractivity contribution in [2.45, 2.75) is 44.3 Å². The molecule has 2 N–H and O–H groups in total. The van der Waals surface area contributed by atoms with Gasteiger partial charge in [0, 0.05) is 0 Å². The standard InChI is InChI=1S/C10H16N6O/c11-10(17)8-2-1-5-15(8)6-9-12-13-14-16(9)7-3-4-7/h7-8H,1-6H2,(H2,11,17). The van der Waals surface area contributed by atoms with E-state index in [0.29, 0.717) is 12.6 Å². The van der Waals surface area contributed by atoms with E-state index in [9.17, 15) is 4.79 Å². The molecule has 0 radical (unpaired) electrons. The first-order valence-electron chi connectivity index (χ1n) is 6.06. The van der Waals surface area contributed by atoms with Crippen molar-refractivity contribution in [3.05, 3.63) is 5.82 Å². The van der Waals surface area contributed by atoms with Crippen LogP contribution in [0.25, 0.3) is 0 Å². The fraction of sp³-hybridized carbons (Fsp3) is 0.800. The van der Waals surface area contributed by atoms with Crippen LogP contribution in [0, 0.1) is 0 Å². The Hall–Kier alpha value is -1.50. The lowest BCUT2D eigenvalue weighted by molar-refractivity contribution is -0.122. The molecule has 2 fully saturated rings. The minimum atomic E-state index is -0.243. The summed E-state index contributed by atoms with van der Waals surface area (Å²) in [6.45, 7) is 1.52. The van der Waals surface area contributed by atoms with Crippen molar-refractivity contribution in [1.82, 2.24) is 25.1 Å². The number of aromatic nitrogens is 4. The van der Waals surface area contributed by atoms with Gasteiger partial charge >= 0.3 is 0 Å². The lowest BCUT2D eigenvalue weighted by Gasteiger charge is -2.20. The molecule has 92 valence electrons. The fourth-order valence-electron chi connectivity index (χ4n) is 2.44. The van der Waals surface area contributed by atoms with Crippen LogP contribution in [0.3, 0.4) is 0 Å². The van der Waals surface area contributed by atoms with Gasteiger partial charge in [0.05, 0.1) is 18.6 Å². The maximum Gasteiger partial charge on any atom is 0.234 e. The van der Waals surface area contributed by atoms with Crippen LogP contribution in [0.15, 0.2) is 0 Å². The molecule has 7 nitrogen and oxygen atoms in total. The van der Waals surface area contributed by atoms with Crippen molar-refractivity contribution in [3.8, 4) is 0 Å². The van der Waals surface area contributed by atoms with Crippen molar-refractivity contribution >= 4 is 5.91 Å². The molecule has 3 rings (SSSR count). The largest absolute Gasteiger partial charge is 0.368 e. The summed E-state index contributed by atoms with van der Waals surface area (Å²) < 4.78 is 1.89. The van der Waals surface area contributed by atoms with Gasteiger partial charge in [0.2, 0.25) is 5.91 Å². The molecule has 0 aromatic carbocycles. The summed E-state index contributed by atoms with van der Waals surface area (Å²) in [7, 11) is 0. The van der Waals surface area contributed by atoms with Gasteiger partial charge in [0.1, 0.15) is 0 Å². The number of hydrogen-bond donors (Lipinski definition) is 1. The molecule has 1 aliphatic heterocycles. The average Bonchev–Trinajstić information content (AvgIpc) is 2.86. The molecular weight excluding hydrogens is 220 g/mol. The Bertz CT molecular complexity index is 426. The number of rotatable bonds is 4. The van der Waals surface area contributed by atoms with Gasteiger partial charge in [-0.2, -0.15) is 0 Å². The Kier molecular flexibility index (Phi) is 2.54. The van der Waals surface area contributed by atoms with Crippen LogP contribution in [0.2, 0.25) is 0 Å². The van der Waals surface area contributed by atoms with E-state index in [1.165, 1.54) is 0 Å².